The van der Waals surface area contributed by atoms with Gasteiger partial charge in [-0.25, -0.2) is 27.4 Å². The van der Waals surface area contributed by atoms with Crippen LogP contribution in [0.4, 0.5) is 27.6 Å². The number of methoxy groups -OCH3 is 1. The molecule has 0 saturated heterocycles. The fourth-order valence-corrected chi connectivity index (χ4v) is 1.91. The first-order valence-electron chi connectivity index (χ1n) is 7.07. The minimum absolute atomic E-state index is 0.283. The van der Waals surface area contributed by atoms with Crippen molar-refractivity contribution in [3.05, 3.63) is 58.9 Å². The Labute approximate surface area is 144 Å². The highest BCUT2D eigenvalue weighted by Gasteiger charge is 2.24. The molecule has 0 unspecified atom stereocenters. The van der Waals surface area contributed by atoms with Crippen LogP contribution in [-0.2, 0) is 4.79 Å². The van der Waals surface area contributed by atoms with E-state index < -0.39 is 40.6 Å². The zero-order chi connectivity index (χ0) is 19.3. The van der Waals surface area contributed by atoms with Crippen LogP contribution >= 0.6 is 0 Å². The van der Waals surface area contributed by atoms with Crippen molar-refractivity contribution in [1.82, 2.24) is 5.43 Å². The molecule has 0 aliphatic heterocycles. The molecule has 2 aromatic rings. The van der Waals surface area contributed by atoms with Crippen LogP contribution in [0, 0.1) is 29.1 Å². The summed E-state index contributed by atoms with van der Waals surface area (Å²) in [7, 11) is 1.44. The number of nitrogens with zero attached hydrogens (tertiary/aromatic N) is 1. The Morgan fingerprint density at radius 1 is 1.04 bits per heavy atom. The molecule has 0 aromatic heterocycles. The van der Waals surface area contributed by atoms with Gasteiger partial charge in [0, 0.05) is 0 Å². The first-order chi connectivity index (χ1) is 12.4. The lowest BCUT2D eigenvalue weighted by Gasteiger charge is -2.09. The second-order valence-corrected chi connectivity index (χ2v) is 4.83. The summed E-state index contributed by atoms with van der Waals surface area (Å²) in [5.74, 6) is -10.8. The minimum Gasteiger partial charge on any atom is -0.495 e. The summed E-state index contributed by atoms with van der Waals surface area (Å²) in [5.41, 5.74) is 1.15. The van der Waals surface area contributed by atoms with Crippen molar-refractivity contribution in [1.29, 1.82) is 0 Å². The summed E-state index contributed by atoms with van der Waals surface area (Å²) in [6.07, 6.45) is 0.331. The Hall–Kier alpha value is -3.17. The van der Waals surface area contributed by atoms with Crippen LogP contribution in [0.25, 0.3) is 0 Å². The molecule has 26 heavy (non-hydrogen) atoms. The Morgan fingerprint density at radius 3 is 2.23 bits per heavy atom. The van der Waals surface area contributed by atoms with E-state index in [1.165, 1.54) is 7.11 Å². The lowest BCUT2D eigenvalue weighted by atomic mass is 10.2. The van der Waals surface area contributed by atoms with E-state index in [4.69, 9.17) is 4.74 Å². The standard InChI is InChI=1S/C16H12F5N3O2/c1-26-10-5-3-2-4-9(10)22-7-11(25)24-23-6-8-12(17)14(19)16(21)15(20)13(8)18/h2-6,22H,7H2,1H3,(H,24,25)/b23-6-. The Morgan fingerprint density at radius 2 is 1.62 bits per heavy atom. The van der Waals surface area contributed by atoms with E-state index in [2.05, 4.69) is 10.4 Å². The van der Waals surface area contributed by atoms with Gasteiger partial charge in [0.05, 0.1) is 31.1 Å². The van der Waals surface area contributed by atoms with Crippen molar-refractivity contribution in [2.45, 2.75) is 0 Å². The average Bonchev–Trinajstić information content (AvgIpc) is 2.66. The highest BCUT2D eigenvalue weighted by Crippen LogP contribution is 2.23. The van der Waals surface area contributed by atoms with Crippen LogP contribution in [-0.4, -0.2) is 25.8 Å². The molecule has 0 atom stereocenters. The van der Waals surface area contributed by atoms with Crippen LogP contribution in [0.2, 0.25) is 0 Å². The minimum atomic E-state index is -2.28. The van der Waals surface area contributed by atoms with E-state index in [1.807, 2.05) is 5.43 Å². The smallest absolute Gasteiger partial charge is 0.259 e. The summed E-state index contributed by atoms with van der Waals surface area (Å²) in [6, 6.07) is 6.72. The predicted octanol–water partition coefficient (Wildman–Crippen LogP) is 2.95. The van der Waals surface area contributed by atoms with Crippen molar-refractivity contribution in [2.75, 3.05) is 19.0 Å². The normalized spacial score (nSPS) is 10.8. The number of benzene rings is 2. The van der Waals surface area contributed by atoms with Gasteiger partial charge in [0.2, 0.25) is 5.82 Å². The second-order valence-electron chi connectivity index (χ2n) is 4.83. The number of hydrazone groups is 1. The summed E-state index contributed by atoms with van der Waals surface area (Å²) >= 11 is 0. The van der Waals surface area contributed by atoms with Gasteiger partial charge in [0.25, 0.3) is 5.91 Å². The number of amides is 1. The van der Waals surface area contributed by atoms with Crippen molar-refractivity contribution < 1.29 is 31.5 Å². The molecule has 0 bridgehead atoms. The molecule has 0 heterocycles. The van der Waals surface area contributed by atoms with Crippen LogP contribution in [0.1, 0.15) is 5.56 Å². The van der Waals surface area contributed by atoms with Gasteiger partial charge in [0.1, 0.15) is 5.75 Å². The number of ether oxygens (including phenoxy) is 1. The SMILES string of the molecule is COc1ccccc1NCC(=O)N/N=C\c1c(F)c(F)c(F)c(F)c1F. The van der Waals surface area contributed by atoms with Gasteiger partial charge in [-0.3, -0.25) is 4.79 Å². The number of hydrogen-bond acceptors (Lipinski definition) is 4. The third-order valence-electron chi connectivity index (χ3n) is 3.17. The molecule has 138 valence electrons. The first kappa shape index (κ1) is 19.2. The topological polar surface area (TPSA) is 62.7 Å². The number of para-hydroxylation sites is 2. The number of carbonyl (C=O) groups is 1. The predicted molar refractivity (Wildman–Crippen MR) is 83.5 cm³/mol. The molecule has 0 spiro atoms. The Balaban J connectivity index is 2.02. The zero-order valence-electron chi connectivity index (χ0n) is 13.2. The molecule has 0 saturated carbocycles. The number of halogens is 5. The maximum Gasteiger partial charge on any atom is 0.259 e. The van der Waals surface area contributed by atoms with E-state index >= 15 is 0 Å². The van der Waals surface area contributed by atoms with Gasteiger partial charge in [0.15, 0.2) is 23.3 Å². The Bertz CT molecular complexity index is 829. The molecule has 5 nitrogen and oxygen atoms in total. The molecule has 10 heteroatoms. The number of anilines is 1. The van der Waals surface area contributed by atoms with Gasteiger partial charge in [-0.1, -0.05) is 12.1 Å². The van der Waals surface area contributed by atoms with Gasteiger partial charge < -0.3 is 10.1 Å². The number of nitrogens with one attached hydrogen (secondary N) is 2. The van der Waals surface area contributed by atoms with E-state index in [9.17, 15) is 26.7 Å². The van der Waals surface area contributed by atoms with E-state index in [1.54, 1.807) is 24.3 Å². The molecule has 0 aliphatic carbocycles. The number of carbonyl (C=O) groups excluding carboxylic acids is 1. The fourth-order valence-electron chi connectivity index (χ4n) is 1.91. The maximum absolute atomic E-state index is 13.4. The van der Waals surface area contributed by atoms with Gasteiger partial charge in [-0.15, -0.1) is 0 Å². The third-order valence-corrected chi connectivity index (χ3v) is 3.17. The molecule has 2 N–H and O–H groups in total. The molecular weight excluding hydrogens is 361 g/mol. The summed E-state index contributed by atoms with van der Waals surface area (Å²) in [5, 5.41) is 5.93. The van der Waals surface area contributed by atoms with Gasteiger partial charge in [-0.05, 0) is 12.1 Å². The van der Waals surface area contributed by atoms with Gasteiger partial charge in [-0.2, -0.15) is 5.10 Å². The molecular formula is C16H12F5N3O2. The number of hydrogen-bond donors (Lipinski definition) is 2. The highest BCUT2D eigenvalue weighted by atomic mass is 19.2. The molecule has 2 rings (SSSR count). The zero-order valence-corrected chi connectivity index (χ0v) is 13.2. The third kappa shape index (κ3) is 4.08. The second kappa shape index (κ2) is 8.28. The van der Waals surface area contributed by atoms with Crippen LogP contribution in [0.5, 0.6) is 5.75 Å². The monoisotopic (exact) mass is 373 g/mol. The summed E-state index contributed by atoms with van der Waals surface area (Å²) in [6.45, 7) is -0.283. The largest absolute Gasteiger partial charge is 0.495 e. The van der Waals surface area contributed by atoms with Crippen molar-refractivity contribution in [3.63, 3.8) is 0 Å². The Kier molecular flexibility index (Phi) is 6.10. The lowest BCUT2D eigenvalue weighted by molar-refractivity contribution is -0.119. The average molecular weight is 373 g/mol. The maximum atomic E-state index is 13.4. The molecule has 1 amide bonds. The van der Waals surface area contributed by atoms with E-state index in [-0.39, 0.29) is 6.54 Å². The molecule has 0 fully saturated rings. The van der Waals surface area contributed by atoms with Crippen LogP contribution in [0.15, 0.2) is 29.4 Å². The lowest BCUT2D eigenvalue weighted by Crippen LogP contribution is -2.26. The molecule has 0 aliphatic rings. The highest BCUT2D eigenvalue weighted by molar-refractivity contribution is 5.85. The van der Waals surface area contributed by atoms with Crippen LogP contribution in [0.3, 0.4) is 0 Å². The number of rotatable bonds is 6. The van der Waals surface area contributed by atoms with Crippen molar-refractivity contribution in [2.24, 2.45) is 5.10 Å². The summed E-state index contributed by atoms with van der Waals surface area (Å²) < 4.78 is 70.9. The van der Waals surface area contributed by atoms with E-state index in [0.717, 1.165) is 0 Å². The van der Waals surface area contributed by atoms with Crippen molar-refractivity contribution in [3.8, 4) is 5.75 Å². The van der Waals surface area contributed by atoms with Crippen molar-refractivity contribution >= 4 is 17.8 Å². The summed E-state index contributed by atoms with van der Waals surface area (Å²) in [4.78, 5) is 11.6. The fraction of sp³-hybridized carbons (Fsp3) is 0.125. The molecule has 2 aromatic carbocycles. The van der Waals surface area contributed by atoms with Crippen LogP contribution < -0.4 is 15.5 Å². The van der Waals surface area contributed by atoms with E-state index in [0.29, 0.717) is 17.7 Å². The molecule has 0 radical (unpaired) electrons. The van der Waals surface area contributed by atoms with Gasteiger partial charge >= 0.3 is 0 Å². The first-order valence-corrected chi connectivity index (χ1v) is 7.07. The quantitative estimate of drug-likeness (QED) is 0.269.